The molecule has 196 valence electrons. The van der Waals surface area contributed by atoms with E-state index >= 15 is 0 Å². The monoisotopic (exact) mass is 508 g/mol. The van der Waals surface area contributed by atoms with Crippen molar-refractivity contribution >= 4 is 11.9 Å². The molecule has 1 aliphatic rings. The Morgan fingerprint density at radius 3 is 2.11 bits per heavy atom. The lowest BCUT2D eigenvalue weighted by Crippen LogP contribution is -2.44. The highest BCUT2D eigenvalue weighted by Crippen LogP contribution is 2.27. The van der Waals surface area contributed by atoms with Gasteiger partial charge in [0.05, 0.1) is 0 Å². The van der Waals surface area contributed by atoms with E-state index in [-0.39, 0.29) is 24.0 Å². The van der Waals surface area contributed by atoms with Gasteiger partial charge in [-0.05, 0) is 69.7 Å². The lowest BCUT2D eigenvalue weighted by molar-refractivity contribution is -0.0885. The van der Waals surface area contributed by atoms with Gasteiger partial charge < -0.3 is 15.0 Å². The maximum absolute atomic E-state index is 14.5. The van der Waals surface area contributed by atoms with Crippen LogP contribution in [0.15, 0.2) is 42.5 Å². The summed E-state index contributed by atoms with van der Waals surface area (Å²) in [6.07, 6.45) is -2.01. The van der Waals surface area contributed by atoms with Gasteiger partial charge in [-0.25, -0.2) is 9.18 Å². The molecule has 36 heavy (non-hydrogen) atoms. The number of rotatable bonds is 6. The summed E-state index contributed by atoms with van der Waals surface area (Å²) in [6.45, 7) is 5.79. The minimum absolute atomic E-state index is 0.0881. The summed E-state index contributed by atoms with van der Waals surface area (Å²) in [6, 6.07) is 9.89. The van der Waals surface area contributed by atoms with E-state index in [9.17, 15) is 27.2 Å². The molecule has 2 aromatic carbocycles. The van der Waals surface area contributed by atoms with Crippen LogP contribution in [-0.2, 0) is 11.3 Å². The van der Waals surface area contributed by atoms with Gasteiger partial charge >= 0.3 is 12.3 Å². The highest BCUT2D eigenvalue weighted by atomic mass is 19.4. The normalized spacial score (nSPS) is 18.6. The van der Waals surface area contributed by atoms with Gasteiger partial charge in [-0.2, -0.15) is 13.2 Å². The lowest BCUT2D eigenvalue weighted by atomic mass is 9.90. The maximum atomic E-state index is 14.5. The molecule has 1 saturated carbocycles. The van der Waals surface area contributed by atoms with Gasteiger partial charge in [-0.3, -0.25) is 4.79 Å². The van der Waals surface area contributed by atoms with Gasteiger partial charge in [0, 0.05) is 36.8 Å². The molecule has 1 fully saturated rings. The number of halogens is 4. The predicted molar refractivity (Wildman–Crippen MR) is 129 cm³/mol. The number of benzene rings is 2. The van der Waals surface area contributed by atoms with Crippen molar-refractivity contribution in [2.24, 2.45) is 0 Å². The number of Topliss-reactive ketones (excluding diaryl/α,β-unsaturated/α-hetero) is 1. The summed E-state index contributed by atoms with van der Waals surface area (Å²) in [7, 11) is 1.75. The van der Waals surface area contributed by atoms with Gasteiger partial charge in [0.2, 0.25) is 0 Å². The average Bonchev–Trinajstić information content (AvgIpc) is 2.81. The molecule has 9 heteroatoms. The van der Waals surface area contributed by atoms with Crippen molar-refractivity contribution in [3.63, 3.8) is 0 Å². The molecule has 0 radical (unpaired) electrons. The van der Waals surface area contributed by atoms with Gasteiger partial charge in [0.1, 0.15) is 11.4 Å². The maximum Gasteiger partial charge on any atom is 0.454 e. The summed E-state index contributed by atoms with van der Waals surface area (Å²) < 4.78 is 57.8. The minimum atomic E-state index is -4.93. The van der Waals surface area contributed by atoms with Gasteiger partial charge in [-0.1, -0.05) is 30.3 Å². The molecule has 0 saturated heterocycles. The molecule has 1 aliphatic carbocycles. The average molecular weight is 509 g/mol. The van der Waals surface area contributed by atoms with E-state index in [0.717, 1.165) is 37.8 Å². The number of ketones is 1. The highest BCUT2D eigenvalue weighted by molar-refractivity contribution is 6.00. The molecule has 0 aliphatic heterocycles. The van der Waals surface area contributed by atoms with Gasteiger partial charge in [-0.15, -0.1) is 0 Å². The topological polar surface area (TPSA) is 58.6 Å². The Morgan fingerprint density at radius 2 is 1.56 bits per heavy atom. The van der Waals surface area contributed by atoms with E-state index in [2.05, 4.69) is 5.32 Å². The molecule has 5 nitrogen and oxygen atoms in total. The molecule has 0 unspecified atom stereocenters. The lowest BCUT2D eigenvalue weighted by Gasteiger charge is -2.35. The third-order valence-corrected chi connectivity index (χ3v) is 6.29. The van der Waals surface area contributed by atoms with Crippen LogP contribution in [-0.4, -0.2) is 47.7 Å². The SMILES string of the molecule is CN(C(=O)OC(C)(C)C)C1CCC(NCc2cc(-c3ccc(C(=O)C(F)(F)F)cc3)ccc2F)CC1. The van der Waals surface area contributed by atoms with Crippen LogP contribution in [0.4, 0.5) is 22.4 Å². The molecule has 0 aromatic heterocycles. The molecule has 2 aromatic rings. The Hall–Kier alpha value is -2.94. The van der Waals surface area contributed by atoms with Crippen LogP contribution in [0.3, 0.4) is 0 Å². The molecule has 0 atom stereocenters. The van der Waals surface area contributed by atoms with E-state index in [1.807, 2.05) is 20.8 Å². The molecule has 0 bridgehead atoms. The molecule has 1 N–H and O–H groups in total. The summed E-state index contributed by atoms with van der Waals surface area (Å²) in [5.74, 6) is -2.28. The number of alkyl halides is 3. The van der Waals surface area contributed by atoms with Crippen molar-refractivity contribution in [3.05, 3.63) is 59.4 Å². The quantitative estimate of drug-likeness (QED) is 0.357. The molecule has 3 rings (SSSR count). The molecular formula is C27H32F4N2O3. The van der Waals surface area contributed by atoms with Crippen LogP contribution in [0.25, 0.3) is 11.1 Å². The van der Waals surface area contributed by atoms with Crippen molar-refractivity contribution < 1.29 is 31.9 Å². The zero-order valence-electron chi connectivity index (χ0n) is 20.9. The van der Waals surface area contributed by atoms with Crippen molar-refractivity contribution in [2.45, 2.75) is 76.9 Å². The van der Waals surface area contributed by atoms with Crippen LogP contribution in [0.1, 0.15) is 62.4 Å². The largest absolute Gasteiger partial charge is 0.454 e. The zero-order chi connectivity index (χ0) is 26.7. The Labute approximate surface area is 208 Å². The second kappa shape index (κ2) is 11.0. The number of nitrogens with one attached hydrogen (secondary N) is 1. The highest BCUT2D eigenvalue weighted by Gasteiger charge is 2.39. The number of nitrogens with zero attached hydrogens (tertiary/aromatic N) is 1. The number of amides is 1. The zero-order valence-corrected chi connectivity index (χ0v) is 20.9. The van der Waals surface area contributed by atoms with E-state index in [0.29, 0.717) is 23.2 Å². The third kappa shape index (κ3) is 7.29. The number of hydrogen-bond donors (Lipinski definition) is 1. The minimum Gasteiger partial charge on any atom is -0.444 e. The van der Waals surface area contributed by atoms with Crippen molar-refractivity contribution in [1.82, 2.24) is 10.2 Å². The fourth-order valence-electron chi connectivity index (χ4n) is 4.27. The Morgan fingerprint density at radius 1 is 0.972 bits per heavy atom. The van der Waals surface area contributed by atoms with Gasteiger partial charge in [0.25, 0.3) is 5.78 Å². The number of ether oxygens (including phenoxy) is 1. The second-order valence-electron chi connectivity index (χ2n) is 10.2. The second-order valence-corrected chi connectivity index (χ2v) is 10.2. The number of hydrogen-bond acceptors (Lipinski definition) is 4. The first-order valence-electron chi connectivity index (χ1n) is 11.9. The van der Waals surface area contributed by atoms with Gasteiger partial charge in [0.15, 0.2) is 0 Å². The van der Waals surface area contributed by atoms with Crippen LogP contribution in [0.5, 0.6) is 0 Å². The summed E-state index contributed by atoms with van der Waals surface area (Å²) in [5, 5.41) is 3.38. The van der Waals surface area contributed by atoms with Crippen LogP contribution < -0.4 is 5.32 Å². The first kappa shape index (κ1) is 27.6. The first-order valence-corrected chi connectivity index (χ1v) is 11.9. The molecule has 1 amide bonds. The summed E-state index contributed by atoms with van der Waals surface area (Å²) in [4.78, 5) is 25.3. The Kier molecular flexibility index (Phi) is 8.44. The fraction of sp³-hybridized carbons (Fsp3) is 0.481. The smallest absolute Gasteiger partial charge is 0.444 e. The van der Waals surface area contributed by atoms with Crippen molar-refractivity contribution in [1.29, 1.82) is 0 Å². The van der Waals surface area contributed by atoms with Crippen LogP contribution in [0.2, 0.25) is 0 Å². The van der Waals surface area contributed by atoms with Crippen LogP contribution >= 0.6 is 0 Å². The molecule has 0 heterocycles. The van der Waals surface area contributed by atoms with Crippen molar-refractivity contribution in [2.75, 3.05) is 7.05 Å². The van der Waals surface area contributed by atoms with Crippen molar-refractivity contribution in [3.8, 4) is 11.1 Å². The summed E-state index contributed by atoms with van der Waals surface area (Å²) >= 11 is 0. The van der Waals surface area contributed by atoms with E-state index < -0.39 is 23.1 Å². The Bertz CT molecular complexity index is 1070. The summed E-state index contributed by atoms with van der Waals surface area (Å²) in [5.41, 5.74) is 0.673. The first-order chi connectivity index (χ1) is 16.7. The predicted octanol–water partition coefficient (Wildman–Crippen LogP) is 6.51. The molecular weight excluding hydrogens is 476 g/mol. The van der Waals surface area contributed by atoms with Crippen LogP contribution in [0, 0.1) is 5.82 Å². The van der Waals surface area contributed by atoms with E-state index in [4.69, 9.17) is 4.74 Å². The standard InChI is InChI=1S/C27H32F4N2O3/c1-26(2,3)36-25(35)33(4)22-12-10-21(11-13-22)32-16-20-15-19(9-14-23(20)28)17-5-7-18(8-6-17)24(34)27(29,30)31/h5-9,14-15,21-22,32H,10-13,16H2,1-4H3. The number of carbonyl (C=O) groups excluding carboxylic acids is 2. The fourth-order valence-corrected chi connectivity index (χ4v) is 4.27. The number of carbonyl (C=O) groups is 2. The van der Waals surface area contributed by atoms with E-state index in [1.54, 1.807) is 24.1 Å². The van der Waals surface area contributed by atoms with E-state index in [1.165, 1.54) is 18.2 Å². The molecule has 0 spiro atoms. The third-order valence-electron chi connectivity index (χ3n) is 6.29. The Balaban J connectivity index is 1.57.